The highest BCUT2D eigenvalue weighted by Crippen LogP contribution is 2.30. The number of imidazole rings is 1. The van der Waals surface area contributed by atoms with Gasteiger partial charge in [0, 0.05) is 23.6 Å². The molecule has 0 unspecified atom stereocenters. The predicted octanol–water partition coefficient (Wildman–Crippen LogP) is 2.07. The minimum absolute atomic E-state index is 0.111. The van der Waals surface area contributed by atoms with E-state index in [1.807, 2.05) is 0 Å². The molecular formula is C19H16N6O4. The summed E-state index contributed by atoms with van der Waals surface area (Å²) in [5.74, 6) is -0.946. The Morgan fingerprint density at radius 1 is 1.17 bits per heavy atom. The molecule has 29 heavy (non-hydrogen) atoms. The summed E-state index contributed by atoms with van der Waals surface area (Å²) >= 11 is 0. The van der Waals surface area contributed by atoms with Crippen LogP contribution in [0.15, 0.2) is 47.8 Å². The maximum Gasteiger partial charge on any atom is 0.340 e. The fraction of sp³-hybridized carbons (Fsp3) is 0.105. The molecule has 0 bridgehead atoms. The molecule has 3 aromatic heterocycles. The first-order chi connectivity index (χ1) is 14.1. The minimum Gasteiger partial charge on any atom is -0.462 e. The normalized spacial score (nSPS) is 10.8. The number of amides is 1. The summed E-state index contributed by atoms with van der Waals surface area (Å²) in [4.78, 5) is 51.9. The van der Waals surface area contributed by atoms with E-state index >= 15 is 0 Å². The Bertz CT molecular complexity index is 1270. The van der Waals surface area contributed by atoms with Gasteiger partial charge in [-0.1, -0.05) is 12.1 Å². The van der Waals surface area contributed by atoms with E-state index in [4.69, 9.17) is 4.74 Å². The number of anilines is 1. The molecule has 0 spiro atoms. The molecule has 3 heterocycles. The van der Waals surface area contributed by atoms with Crippen LogP contribution in [0, 0.1) is 0 Å². The SMILES string of the molecule is CCOC(=O)c1c[nH]c2ncnc(-c3cccc(NC(=O)c4c[nH]c(=O)[nH]4)c3)c12. The zero-order valence-electron chi connectivity index (χ0n) is 15.3. The van der Waals surface area contributed by atoms with Gasteiger partial charge in [0.05, 0.1) is 23.3 Å². The number of aromatic amines is 3. The molecule has 10 nitrogen and oxygen atoms in total. The highest BCUT2D eigenvalue weighted by molar-refractivity contribution is 6.08. The van der Waals surface area contributed by atoms with Gasteiger partial charge < -0.3 is 25.0 Å². The monoisotopic (exact) mass is 392 g/mol. The van der Waals surface area contributed by atoms with Crippen molar-refractivity contribution in [2.24, 2.45) is 0 Å². The lowest BCUT2D eigenvalue weighted by Gasteiger charge is -2.08. The molecule has 0 aliphatic heterocycles. The molecule has 0 atom stereocenters. The molecular weight excluding hydrogens is 376 g/mol. The summed E-state index contributed by atoms with van der Waals surface area (Å²) in [7, 11) is 0. The zero-order valence-corrected chi connectivity index (χ0v) is 15.3. The molecule has 4 rings (SSSR count). The van der Waals surface area contributed by atoms with Gasteiger partial charge in [0.25, 0.3) is 5.91 Å². The standard InChI is InChI=1S/C19H16N6O4/c1-2-29-18(27)12-7-20-16-14(12)15(22-9-23-16)10-4-3-5-11(6-10)24-17(26)13-8-21-19(28)25-13/h3-9H,2H2,1H3,(H,24,26)(H,20,22,23)(H2,21,25,28). The van der Waals surface area contributed by atoms with Crippen molar-refractivity contribution in [3.8, 4) is 11.3 Å². The summed E-state index contributed by atoms with van der Waals surface area (Å²) in [6, 6.07) is 6.97. The van der Waals surface area contributed by atoms with Crippen molar-refractivity contribution in [2.45, 2.75) is 6.92 Å². The Kier molecular flexibility index (Phi) is 4.65. The van der Waals surface area contributed by atoms with Gasteiger partial charge in [-0.15, -0.1) is 0 Å². The molecule has 0 aliphatic rings. The molecule has 10 heteroatoms. The van der Waals surface area contributed by atoms with Crippen molar-refractivity contribution >= 4 is 28.6 Å². The van der Waals surface area contributed by atoms with Crippen LogP contribution in [0.1, 0.15) is 27.8 Å². The molecule has 0 saturated carbocycles. The van der Waals surface area contributed by atoms with Gasteiger partial charge in [0.2, 0.25) is 0 Å². The summed E-state index contributed by atoms with van der Waals surface area (Å²) in [5.41, 5.74) is 2.16. The number of hydrogen-bond acceptors (Lipinski definition) is 6. The quantitative estimate of drug-likeness (QED) is 0.383. The lowest BCUT2D eigenvalue weighted by atomic mass is 10.1. The van der Waals surface area contributed by atoms with Crippen LogP contribution in [0.25, 0.3) is 22.3 Å². The van der Waals surface area contributed by atoms with Crippen molar-refractivity contribution in [3.05, 3.63) is 64.7 Å². The topological polar surface area (TPSA) is 146 Å². The Labute approximate surface area is 163 Å². The van der Waals surface area contributed by atoms with Gasteiger partial charge in [-0.05, 0) is 19.1 Å². The molecule has 4 N–H and O–H groups in total. The van der Waals surface area contributed by atoms with Crippen LogP contribution in [-0.4, -0.2) is 43.4 Å². The third kappa shape index (κ3) is 3.50. The number of H-pyrrole nitrogens is 3. The zero-order chi connectivity index (χ0) is 20.4. The molecule has 1 amide bonds. The van der Waals surface area contributed by atoms with Crippen LogP contribution >= 0.6 is 0 Å². The number of rotatable bonds is 5. The number of hydrogen-bond donors (Lipinski definition) is 4. The van der Waals surface area contributed by atoms with Crippen LogP contribution in [0.2, 0.25) is 0 Å². The number of benzene rings is 1. The number of carbonyl (C=O) groups is 2. The second-order valence-electron chi connectivity index (χ2n) is 6.06. The van der Waals surface area contributed by atoms with Gasteiger partial charge in [0.15, 0.2) is 0 Å². The predicted molar refractivity (Wildman–Crippen MR) is 105 cm³/mol. The van der Waals surface area contributed by atoms with E-state index in [0.717, 1.165) is 0 Å². The number of fused-ring (bicyclic) bond motifs is 1. The van der Waals surface area contributed by atoms with Crippen LogP contribution in [-0.2, 0) is 4.74 Å². The van der Waals surface area contributed by atoms with E-state index in [-0.39, 0.29) is 12.3 Å². The van der Waals surface area contributed by atoms with E-state index in [9.17, 15) is 14.4 Å². The number of nitrogens with zero attached hydrogens (tertiary/aromatic N) is 2. The number of nitrogens with one attached hydrogen (secondary N) is 4. The van der Waals surface area contributed by atoms with E-state index < -0.39 is 17.6 Å². The van der Waals surface area contributed by atoms with Gasteiger partial charge in [-0.25, -0.2) is 19.6 Å². The second-order valence-corrected chi connectivity index (χ2v) is 6.06. The van der Waals surface area contributed by atoms with Crippen molar-refractivity contribution in [2.75, 3.05) is 11.9 Å². The van der Waals surface area contributed by atoms with Gasteiger partial charge in [0.1, 0.15) is 17.7 Å². The average Bonchev–Trinajstić information content (AvgIpc) is 3.34. The molecule has 0 saturated heterocycles. The fourth-order valence-electron chi connectivity index (χ4n) is 2.95. The number of carbonyl (C=O) groups excluding carboxylic acids is 2. The van der Waals surface area contributed by atoms with Crippen LogP contribution in [0.4, 0.5) is 5.69 Å². The number of ether oxygens (including phenoxy) is 1. The summed E-state index contributed by atoms with van der Waals surface area (Å²) in [6.07, 6.45) is 4.22. The van der Waals surface area contributed by atoms with Crippen molar-refractivity contribution in [1.29, 1.82) is 0 Å². The van der Waals surface area contributed by atoms with Gasteiger partial charge in [-0.2, -0.15) is 0 Å². The van der Waals surface area contributed by atoms with Gasteiger partial charge >= 0.3 is 11.7 Å². The van der Waals surface area contributed by atoms with E-state index in [0.29, 0.717) is 33.5 Å². The molecule has 4 aromatic rings. The lowest BCUT2D eigenvalue weighted by Crippen LogP contribution is -2.14. The smallest absolute Gasteiger partial charge is 0.340 e. The first-order valence-corrected chi connectivity index (χ1v) is 8.75. The third-order valence-corrected chi connectivity index (χ3v) is 4.20. The van der Waals surface area contributed by atoms with Gasteiger partial charge in [-0.3, -0.25) is 4.79 Å². The summed E-state index contributed by atoms with van der Waals surface area (Å²) in [5, 5.41) is 3.24. The largest absolute Gasteiger partial charge is 0.462 e. The third-order valence-electron chi connectivity index (χ3n) is 4.20. The lowest BCUT2D eigenvalue weighted by molar-refractivity contribution is 0.0528. The molecule has 1 aromatic carbocycles. The van der Waals surface area contributed by atoms with Crippen molar-refractivity contribution in [1.82, 2.24) is 24.9 Å². The van der Waals surface area contributed by atoms with Crippen molar-refractivity contribution < 1.29 is 14.3 Å². The van der Waals surface area contributed by atoms with E-state index in [2.05, 4.69) is 30.2 Å². The molecule has 0 radical (unpaired) electrons. The first kappa shape index (κ1) is 18.2. The number of esters is 1. The Morgan fingerprint density at radius 3 is 2.79 bits per heavy atom. The highest BCUT2D eigenvalue weighted by Gasteiger charge is 2.19. The Hall–Kier alpha value is -4.21. The molecule has 0 aliphatic carbocycles. The maximum absolute atomic E-state index is 12.3. The first-order valence-electron chi connectivity index (χ1n) is 8.75. The van der Waals surface area contributed by atoms with Crippen LogP contribution in [0.5, 0.6) is 0 Å². The number of aromatic nitrogens is 5. The second kappa shape index (κ2) is 7.43. The van der Waals surface area contributed by atoms with E-state index in [1.165, 1.54) is 18.7 Å². The summed E-state index contributed by atoms with van der Waals surface area (Å²) < 4.78 is 5.11. The Balaban J connectivity index is 1.72. The van der Waals surface area contributed by atoms with Crippen LogP contribution in [0.3, 0.4) is 0 Å². The summed E-state index contributed by atoms with van der Waals surface area (Å²) in [6.45, 7) is 1.98. The van der Waals surface area contributed by atoms with Crippen molar-refractivity contribution in [3.63, 3.8) is 0 Å². The highest BCUT2D eigenvalue weighted by atomic mass is 16.5. The fourth-order valence-corrected chi connectivity index (χ4v) is 2.95. The van der Waals surface area contributed by atoms with Crippen LogP contribution < -0.4 is 11.0 Å². The molecule has 0 fully saturated rings. The minimum atomic E-state index is -0.476. The van der Waals surface area contributed by atoms with E-state index in [1.54, 1.807) is 31.2 Å². The Morgan fingerprint density at radius 2 is 2.03 bits per heavy atom. The maximum atomic E-state index is 12.3. The average molecular weight is 392 g/mol. The molecule has 146 valence electrons.